The zero-order chi connectivity index (χ0) is 24.2. The van der Waals surface area contributed by atoms with Crippen molar-refractivity contribution < 1.29 is 24.2 Å². The van der Waals surface area contributed by atoms with Gasteiger partial charge in [0.2, 0.25) is 0 Å². The number of ether oxygens (including phenoxy) is 1. The van der Waals surface area contributed by atoms with Gasteiger partial charge in [0.25, 0.3) is 5.91 Å². The second kappa shape index (κ2) is 9.78. The lowest BCUT2D eigenvalue weighted by Gasteiger charge is -2.15. The van der Waals surface area contributed by atoms with Crippen LogP contribution in [0.1, 0.15) is 47.3 Å². The Labute approximate surface area is 196 Å². The molecule has 1 aliphatic carbocycles. The number of carboxylic acids is 1. The Kier molecular flexibility index (Phi) is 6.62. The van der Waals surface area contributed by atoms with Gasteiger partial charge < -0.3 is 15.2 Å². The predicted octanol–water partition coefficient (Wildman–Crippen LogP) is 3.76. The lowest BCUT2D eigenvalue weighted by molar-refractivity contribution is -0.137. The normalized spacial score (nSPS) is 13.0. The van der Waals surface area contributed by atoms with Gasteiger partial charge in [0.1, 0.15) is 6.61 Å². The smallest absolute Gasteiger partial charge is 0.411 e. The summed E-state index contributed by atoms with van der Waals surface area (Å²) in [5, 5.41) is 18.4. The van der Waals surface area contributed by atoms with Gasteiger partial charge >= 0.3 is 12.1 Å². The van der Waals surface area contributed by atoms with Crippen molar-refractivity contribution in [1.82, 2.24) is 15.1 Å². The molecule has 3 N–H and O–H groups in total. The van der Waals surface area contributed by atoms with Crippen LogP contribution in [0.25, 0.3) is 11.1 Å². The molecule has 0 fully saturated rings. The molecule has 0 saturated carbocycles. The molecule has 176 valence electrons. The van der Waals surface area contributed by atoms with Crippen LogP contribution < -0.4 is 10.6 Å². The van der Waals surface area contributed by atoms with E-state index in [0.717, 1.165) is 22.3 Å². The first-order valence-electron chi connectivity index (χ1n) is 11.1. The number of nitrogens with one attached hydrogen (secondary N) is 2. The fourth-order valence-electron chi connectivity index (χ4n) is 4.25. The van der Waals surface area contributed by atoms with Gasteiger partial charge in [-0.3, -0.25) is 19.6 Å². The third-order valence-electron chi connectivity index (χ3n) is 5.87. The maximum absolute atomic E-state index is 12.7. The van der Waals surface area contributed by atoms with Gasteiger partial charge in [0.15, 0.2) is 5.69 Å². The van der Waals surface area contributed by atoms with Crippen molar-refractivity contribution in [3.05, 3.63) is 71.5 Å². The van der Waals surface area contributed by atoms with E-state index in [9.17, 15) is 14.4 Å². The van der Waals surface area contributed by atoms with Gasteiger partial charge in [0, 0.05) is 25.2 Å². The number of hydrogen-bond donors (Lipinski definition) is 3. The second-order valence-electron chi connectivity index (χ2n) is 8.19. The summed E-state index contributed by atoms with van der Waals surface area (Å²) in [6.45, 7) is 1.92. The number of anilines is 1. The Morgan fingerprint density at radius 1 is 1.09 bits per heavy atom. The van der Waals surface area contributed by atoms with Gasteiger partial charge in [-0.15, -0.1) is 0 Å². The molecule has 0 radical (unpaired) electrons. The molecule has 1 atom stereocenters. The predicted molar refractivity (Wildman–Crippen MR) is 126 cm³/mol. The minimum absolute atomic E-state index is 0.0140. The molecule has 0 bridgehead atoms. The molecule has 0 aliphatic heterocycles. The summed E-state index contributed by atoms with van der Waals surface area (Å²) in [5.41, 5.74) is 4.63. The molecule has 0 unspecified atom stereocenters. The summed E-state index contributed by atoms with van der Waals surface area (Å²) >= 11 is 0. The number of hydrogen-bond acceptors (Lipinski definition) is 5. The van der Waals surface area contributed by atoms with E-state index in [2.05, 4.69) is 27.9 Å². The molecular formula is C25H26N4O5. The lowest BCUT2D eigenvalue weighted by atomic mass is 9.98. The summed E-state index contributed by atoms with van der Waals surface area (Å²) in [4.78, 5) is 36.3. The van der Waals surface area contributed by atoms with Crippen molar-refractivity contribution in [2.24, 2.45) is 7.05 Å². The number of carbonyl (C=O) groups is 3. The van der Waals surface area contributed by atoms with E-state index in [1.165, 1.54) is 10.9 Å². The van der Waals surface area contributed by atoms with Crippen LogP contribution in [0, 0.1) is 0 Å². The van der Waals surface area contributed by atoms with Crippen LogP contribution in [0.3, 0.4) is 0 Å². The zero-order valence-electron chi connectivity index (χ0n) is 18.9. The van der Waals surface area contributed by atoms with Crippen LogP contribution in [-0.4, -0.2) is 45.5 Å². The summed E-state index contributed by atoms with van der Waals surface area (Å²) in [5.74, 6) is -1.66. The lowest BCUT2D eigenvalue weighted by Crippen LogP contribution is -2.36. The number of aryl methyl sites for hydroxylation is 1. The van der Waals surface area contributed by atoms with Crippen LogP contribution in [0.5, 0.6) is 0 Å². The van der Waals surface area contributed by atoms with Crippen LogP contribution in [-0.2, 0) is 16.6 Å². The number of carboxylic acid groups (broad SMARTS) is 1. The number of aromatic nitrogens is 2. The Hall–Kier alpha value is -4.14. The average Bonchev–Trinajstić information content (AvgIpc) is 3.34. The molecule has 1 heterocycles. The van der Waals surface area contributed by atoms with Crippen molar-refractivity contribution in [2.45, 2.75) is 31.7 Å². The largest absolute Gasteiger partial charge is 0.481 e. The monoisotopic (exact) mass is 462 g/mol. The molecule has 1 aromatic heterocycles. The molecule has 9 heteroatoms. The zero-order valence-corrected chi connectivity index (χ0v) is 18.9. The minimum Gasteiger partial charge on any atom is -0.481 e. The highest BCUT2D eigenvalue weighted by Crippen LogP contribution is 2.44. The first-order chi connectivity index (χ1) is 16.4. The summed E-state index contributed by atoms with van der Waals surface area (Å²) in [6.07, 6.45) is 1.03. The number of aliphatic carboxylic acids is 1. The van der Waals surface area contributed by atoms with Gasteiger partial charge in [-0.05, 0) is 28.7 Å². The first kappa shape index (κ1) is 23.0. The van der Waals surface area contributed by atoms with Crippen molar-refractivity contribution in [3.8, 4) is 11.1 Å². The number of amides is 2. The Bertz CT molecular complexity index is 1190. The number of benzene rings is 2. The fourth-order valence-corrected chi connectivity index (χ4v) is 4.25. The fraction of sp³-hybridized carbons (Fsp3) is 0.280. The van der Waals surface area contributed by atoms with Crippen molar-refractivity contribution in [1.29, 1.82) is 0 Å². The third-order valence-corrected chi connectivity index (χ3v) is 5.87. The summed E-state index contributed by atoms with van der Waals surface area (Å²) in [6, 6.07) is 15.5. The Morgan fingerprint density at radius 3 is 2.29 bits per heavy atom. The van der Waals surface area contributed by atoms with E-state index in [1.807, 2.05) is 36.4 Å². The third kappa shape index (κ3) is 4.78. The molecular weight excluding hydrogens is 436 g/mol. The van der Waals surface area contributed by atoms with E-state index in [4.69, 9.17) is 9.84 Å². The van der Waals surface area contributed by atoms with Gasteiger partial charge in [-0.2, -0.15) is 5.10 Å². The van der Waals surface area contributed by atoms with E-state index in [1.54, 1.807) is 14.0 Å². The topological polar surface area (TPSA) is 123 Å². The number of rotatable bonds is 8. The molecule has 9 nitrogen and oxygen atoms in total. The van der Waals surface area contributed by atoms with Crippen LogP contribution in [0.15, 0.2) is 54.7 Å². The van der Waals surface area contributed by atoms with Gasteiger partial charge in [-0.25, -0.2) is 4.79 Å². The highest BCUT2D eigenvalue weighted by atomic mass is 16.5. The molecule has 0 saturated heterocycles. The standard InChI is InChI=1S/C25H26N4O5/c1-3-15(12-22(30)31)26-24(32)23-21(13-29(2)28-23)27-25(33)34-14-20-18-10-6-4-8-16(18)17-9-5-7-11-19(17)20/h4-11,13,15,20H,3,12,14H2,1-2H3,(H,26,32)(H,27,33)(H,30,31)/t15-/m0/s1. The maximum atomic E-state index is 12.7. The molecule has 1 aliphatic rings. The highest BCUT2D eigenvalue weighted by molar-refractivity contribution is 6.01. The Balaban J connectivity index is 1.44. The molecule has 4 rings (SSSR count). The highest BCUT2D eigenvalue weighted by Gasteiger charge is 2.29. The minimum atomic E-state index is -1.01. The van der Waals surface area contributed by atoms with Gasteiger partial charge in [0.05, 0.1) is 12.1 Å². The number of fused-ring (bicyclic) bond motifs is 3. The van der Waals surface area contributed by atoms with Crippen LogP contribution >= 0.6 is 0 Å². The molecule has 34 heavy (non-hydrogen) atoms. The van der Waals surface area contributed by atoms with Crippen LogP contribution in [0.2, 0.25) is 0 Å². The van der Waals surface area contributed by atoms with Crippen molar-refractivity contribution in [3.63, 3.8) is 0 Å². The summed E-state index contributed by atoms with van der Waals surface area (Å²) < 4.78 is 6.94. The maximum Gasteiger partial charge on any atom is 0.411 e. The van der Waals surface area contributed by atoms with E-state index >= 15 is 0 Å². The first-order valence-corrected chi connectivity index (χ1v) is 11.1. The molecule has 2 aromatic carbocycles. The van der Waals surface area contributed by atoms with E-state index < -0.39 is 24.0 Å². The second-order valence-corrected chi connectivity index (χ2v) is 8.19. The molecule has 3 aromatic rings. The number of nitrogens with zero attached hydrogens (tertiary/aromatic N) is 2. The van der Waals surface area contributed by atoms with Gasteiger partial charge in [-0.1, -0.05) is 55.5 Å². The molecule has 2 amide bonds. The quantitative estimate of drug-likeness (QED) is 0.468. The van der Waals surface area contributed by atoms with Crippen molar-refractivity contribution in [2.75, 3.05) is 11.9 Å². The Morgan fingerprint density at radius 2 is 1.71 bits per heavy atom. The van der Waals surface area contributed by atoms with Crippen LogP contribution in [0.4, 0.5) is 10.5 Å². The molecule has 0 spiro atoms. The van der Waals surface area contributed by atoms with E-state index in [-0.39, 0.29) is 30.3 Å². The van der Waals surface area contributed by atoms with E-state index in [0.29, 0.717) is 6.42 Å². The van der Waals surface area contributed by atoms with Crippen molar-refractivity contribution >= 4 is 23.7 Å². The SMILES string of the molecule is CC[C@@H](CC(=O)O)NC(=O)c1nn(C)cc1NC(=O)OCC1c2ccccc2-c2ccccc21. The summed E-state index contributed by atoms with van der Waals surface area (Å²) in [7, 11) is 1.62. The number of carbonyl (C=O) groups excluding carboxylic acids is 2. The average molecular weight is 463 g/mol.